The summed E-state index contributed by atoms with van der Waals surface area (Å²) in [6, 6.07) is 30.7. The van der Waals surface area contributed by atoms with E-state index >= 15 is 0 Å². The number of rotatable bonds is 3. The quantitative estimate of drug-likeness (QED) is 0.439. The first-order chi connectivity index (χ1) is 15.6. The lowest BCUT2D eigenvalue weighted by Gasteiger charge is -2.31. The van der Waals surface area contributed by atoms with Gasteiger partial charge in [0.1, 0.15) is 0 Å². The van der Waals surface area contributed by atoms with Gasteiger partial charge in [0.25, 0.3) is 11.8 Å². The summed E-state index contributed by atoms with van der Waals surface area (Å²) in [7, 11) is 0. The summed E-state index contributed by atoms with van der Waals surface area (Å²) >= 11 is 0. The Morgan fingerprint density at radius 1 is 0.750 bits per heavy atom. The first-order valence-corrected chi connectivity index (χ1v) is 10.6. The third-order valence-corrected chi connectivity index (χ3v) is 5.83. The summed E-state index contributed by atoms with van der Waals surface area (Å²) in [5.41, 5.74) is 6.99. The molecule has 0 saturated carbocycles. The number of hydrogen-bond donors (Lipinski definition) is 1. The molecular formula is C28H22N2O2. The van der Waals surface area contributed by atoms with Gasteiger partial charge in [-0.05, 0) is 60.0 Å². The topological polar surface area (TPSA) is 49.4 Å². The molecule has 0 unspecified atom stereocenters. The molecule has 0 aliphatic carbocycles. The van der Waals surface area contributed by atoms with Crippen LogP contribution in [0.25, 0.3) is 11.1 Å². The normalized spacial score (nSPS) is 12.0. The average molecular weight is 418 g/mol. The number of hydrogen-bond acceptors (Lipinski definition) is 2. The molecule has 1 N–H and O–H groups in total. The fourth-order valence-electron chi connectivity index (χ4n) is 4.17. The molecule has 0 spiro atoms. The highest BCUT2D eigenvalue weighted by Gasteiger charge is 2.27. The second-order valence-electron chi connectivity index (χ2n) is 7.92. The van der Waals surface area contributed by atoms with Crippen molar-refractivity contribution in [1.82, 2.24) is 0 Å². The zero-order valence-electron chi connectivity index (χ0n) is 17.7. The zero-order chi connectivity index (χ0) is 22.1. The van der Waals surface area contributed by atoms with Crippen LogP contribution in [-0.4, -0.2) is 11.8 Å². The summed E-state index contributed by atoms with van der Waals surface area (Å²) in [5, 5.41) is 2.94. The van der Waals surface area contributed by atoms with Crippen LogP contribution in [-0.2, 0) is 6.54 Å². The Bertz CT molecular complexity index is 1330. The number of amides is 2. The minimum atomic E-state index is -0.172. The van der Waals surface area contributed by atoms with Crippen LogP contribution in [0.3, 0.4) is 0 Å². The highest BCUT2D eigenvalue weighted by atomic mass is 16.2. The van der Waals surface area contributed by atoms with Crippen LogP contribution in [0.5, 0.6) is 0 Å². The summed E-state index contributed by atoms with van der Waals surface area (Å²) in [5.74, 6) is -0.231. The summed E-state index contributed by atoms with van der Waals surface area (Å²) in [4.78, 5) is 27.8. The Balaban J connectivity index is 1.43. The van der Waals surface area contributed by atoms with Crippen LogP contribution < -0.4 is 10.2 Å². The van der Waals surface area contributed by atoms with Gasteiger partial charge >= 0.3 is 0 Å². The van der Waals surface area contributed by atoms with Gasteiger partial charge < -0.3 is 10.2 Å². The largest absolute Gasteiger partial charge is 0.322 e. The maximum Gasteiger partial charge on any atom is 0.258 e. The van der Waals surface area contributed by atoms with Gasteiger partial charge in [-0.15, -0.1) is 0 Å². The van der Waals surface area contributed by atoms with E-state index in [0.29, 0.717) is 23.4 Å². The highest BCUT2D eigenvalue weighted by molar-refractivity contribution is 6.10. The third kappa shape index (κ3) is 3.56. The molecule has 4 heteroatoms. The van der Waals surface area contributed by atoms with Crippen LogP contribution in [0.1, 0.15) is 31.8 Å². The number of aryl methyl sites for hydroxylation is 1. The second-order valence-corrected chi connectivity index (χ2v) is 7.92. The van der Waals surface area contributed by atoms with Crippen molar-refractivity contribution in [2.75, 3.05) is 10.2 Å². The molecule has 2 amide bonds. The minimum Gasteiger partial charge on any atom is -0.322 e. The third-order valence-electron chi connectivity index (χ3n) is 5.83. The number of nitrogens with zero attached hydrogens (tertiary/aromatic N) is 1. The molecule has 4 aromatic carbocycles. The van der Waals surface area contributed by atoms with Crippen LogP contribution in [0.4, 0.5) is 11.4 Å². The van der Waals surface area contributed by atoms with Crippen molar-refractivity contribution >= 4 is 23.2 Å². The number of carbonyl (C=O) groups excluding carboxylic acids is 2. The van der Waals surface area contributed by atoms with E-state index in [1.807, 2.05) is 66.4 Å². The predicted octanol–water partition coefficient (Wildman–Crippen LogP) is 6.07. The maximum absolute atomic E-state index is 13.5. The van der Waals surface area contributed by atoms with Crippen LogP contribution in [0, 0.1) is 6.92 Å². The molecule has 1 aliphatic heterocycles. The van der Waals surface area contributed by atoms with Gasteiger partial charge in [0.2, 0.25) is 0 Å². The van der Waals surface area contributed by atoms with Crippen molar-refractivity contribution in [3.05, 3.63) is 119 Å². The molecule has 0 bridgehead atoms. The lowest BCUT2D eigenvalue weighted by Crippen LogP contribution is -2.33. The van der Waals surface area contributed by atoms with E-state index in [1.54, 1.807) is 24.3 Å². The number of para-hydroxylation sites is 1. The van der Waals surface area contributed by atoms with Crippen molar-refractivity contribution in [3.8, 4) is 11.1 Å². The molecule has 0 fully saturated rings. The number of nitrogens with one attached hydrogen (secondary N) is 1. The van der Waals surface area contributed by atoms with E-state index in [9.17, 15) is 9.59 Å². The Labute approximate surface area is 187 Å². The summed E-state index contributed by atoms with van der Waals surface area (Å²) in [6.45, 7) is 2.42. The van der Waals surface area contributed by atoms with Gasteiger partial charge in [0, 0.05) is 22.4 Å². The molecular weight excluding hydrogens is 396 g/mol. The molecule has 32 heavy (non-hydrogen) atoms. The monoisotopic (exact) mass is 418 g/mol. The Hall–Kier alpha value is -4.18. The number of benzene rings is 4. The zero-order valence-corrected chi connectivity index (χ0v) is 17.7. The number of fused-ring (bicyclic) bond motifs is 3. The lowest BCUT2D eigenvalue weighted by atomic mass is 9.93. The summed E-state index contributed by atoms with van der Waals surface area (Å²) in [6.07, 6.45) is 0. The van der Waals surface area contributed by atoms with E-state index in [-0.39, 0.29) is 11.8 Å². The molecule has 0 radical (unpaired) electrons. The SMILES string of the molecule is Cc1cc(C(=O)N2Cc3ccccc3-c3ccccc32)ccc1NC(=O)c1ccccc1. The van der Waals surface area contributed by atoms with E-state index in [2.05, 4.69) is 23.5 Å². The minimum absolute atomic E-state index is 0.0593. The van der Waals surface area contributed by atoms with Crippen molar-refractivity contribution in [3.63, 3.8) is 0 Å². The summed E-state index contributed by atoms with van der Waals surface area (Å²) < 4.78 is 0. The molecule has 4 nitrogen and oxygen atoms in total. The number of carbonyl (C=O) groups is 2. The van der Waals surface area contributed by atoms with Gasteiger partial charge in [-0.1, -0.05) is 60.7 Å². The van der Waals surface area contributed by atoms with Crippen molar-refractivity contribution in [2.45, 2.75) is 13.5 Å². The van der Waals surface area contributed by atoms with E-state index in [0.717, 1.165) is 22.4 Å². The van der Waals surface area contributed by atoms with Crippen LogP contribution in [0.2, 0.25) is 0 Å². The molecule has 5 rings (SSSR count). The molecule has 0 saturated heterocycles. The second kappa shape index (κ2) is 8.16. The van der Waals surface area contributed by atoms with Crippen molar-refractivity contribution < 1.29 is 9.59 Å². The average Bonchev–Trinajstić information content (AvgIpc) is 2.85. The standard InChI is InChI=1S/C28H22N2O2/c1-19-17-21(15-16-25(19)29-27(31)20-9-3-2-4-10-20)28(32)30-18-22-11-5-6-12-23(22)24-13-7-8-14-26(24)30/h2-17H,18H2,1H3,(H,29,31). The fourth-order valence-corrected chi connectivity index (χ4v) is 4.17. The molecule has 4 aromatic rings. The van der Waals surface area contributed by atoms with E-state index < -0.39 is 0 Å². The molecule has 0 aromatic heterocycles. The predicted molar refractivity (Wildman–Crippen MR) is 128 cm³/mol. The smallest absolute Gasteiger partial charge is 0.258 e. The lowest BCUT2D eigenvalue weighted by molar-refractivity contribution is 0.0983. The first-order valence-electron chi connectivity index (χ1n) is 10.6. The maximum atomic E-state index is 13.5. The number of anilines is 2. The Kier molecular flexibility index (Phi) is 5.04. The van der Waals surface area contributed by atoms with Crippen molar-refractivity contribution in [2.24, 2.45) is 0 Å². The fraction of sp³-hybridized carbons (Fsp3) is 0.0714. The van der Waals surface area contributed by atoms with E-state index in [4.69, 9.17) is 0 Å². The Morgan fingerprint density at radius 3 is 2.22 bits per heavy atom. The van der Waals surface area contributed by atoms with Crippen molar-refractivity contribution in [1.29, 1.82) is 0 Å². The molecule has 156 valence electrons. The first kappa shape index (κ1) is 19.8. The van der Waals surface area contributed by atoms with Gasteiger partial charge in [0.15, 0.2) is 0 Å². The van der Waals surface area contributed by atoms with Crippen LogP contribution >= 0.6 is 0 Å². The van der Waals surface area contributed by atoms with Gasteiger partial charge in [-0.2, -0.15) is 0 Å². The van der Waals surface area contributed by atoms with E-state index in [1.165, 1.54) is 5.56 Å². The van der Waals surface area contributed by atoms with Crippen LogP contribution in [0.15, 0.2) is 97.1 Å². The van der Waals surface area contributed by atoms with Gasteiger partial charge in [-0.25, -0.2) is 0 Å². The molecule has 1 aliphatic rings. The highest BCUT2D eigenvalue weighted by Crippen LogP contribution is 2.39. The molecule has 1 heterocycles. The van der Waals surface area contributed by atoms with Gasteiger partial charge in [-0.3, -0.25) is 9.59 Å². The van der Waals surface area contributed by atoms with Gasteiger partial charge in [0.05, 0.1) is 12.2 Å². The molecule has 0 atom stereocenters. The Morgan fingerprint density at radius 2 is 1.44 bits per heavy atom.